The number of hydrogen-bond acceptors (Lipinski definition) is 2. The summed E-state index contributed by atoms with van der Waals surface area (Å²) in [4.78, 5) is 6.44. The van der Waals surface area contributed by atoms with E-state index in [-0.39, 0.29) is 35.5 Å². The van der Waals surface area contributed by atoms with Crippen LogP contribution in [0.3, 0.4) is 0 Å². The number of nitrogens with zero attached hydrogens (tertiary/aromatic N) is 2. The molecule has 3 rings (SSSR count). The van der Waals surface area contributed by atoms with Crippen LogP contribution in [0, 0.1) is 17.2 Å². The Bertz CT molecular complexity index is 615. The average Bonchev–Trinajstić information content (AvgIpc) is 3.35. The van der Waals surface area contributed by atoms with Gasteiger partial charge in [-0.25, -0.2) is 4.39 Å². The van der Waals surface area contributed by atoms with E-state index < -0.39 is 0 Å². The second-order valence-electron chi connectivity index (χ2n) is 7.22. The zero-order valence-electron chi connectivity index (χ0n) is 15.3. The van der Waals surface area contributed by atoms with Crippen LogP contribution in [0.2, 0.25) is 0 Å². The Morgan fingerprint density at radius 2 is 2.12 bits per heavy atom. The monoisotopic (exact) mass is 461 g/mol. The second kappa shape index (κ2) is 8.56. The maximum absolute atomic E-state index is 13.8. The Labute approximate surface area is 167 Å². The summed E-state index contributed by atoms with van der Waals surface area (Å²) in [6.07, 6.45) is 6.82. The van der Waals surface area contributed by atoms with Crippen molar-refractivity contribution in [3.63, 3.8) is 0 Å². The molecule has 0 aromatic heterocycles. The largest absolute Gasteiger partial charge is 0.494 e. The summed E-state index contributed by atoms with van der Waals surface area (Å²) in [6, 6.07) is 5.09. The van der Waals surface area contributed by atoms with Crippen LogP contribution in [0.5, 0.6) is 5.75 Å². The molecule has 2 saturated carbocycles. The SMILES string of the molecule is CN=C(NCC1(C2CC2)CCC1)N(C)Cc1ccc(OC)c(F)c1.I. The van der Waals surface area contributed by atoms with Gasteiger partial charge in [0.2, 0.25) is 0 Å². The van der Waals surface area contributed by atoms with Gasteiger partial charge in [-0.2, -0.15) is 0 Å². The summed E-state index contributed by atoms with van der Waals surface area (Å²) < 4.78 is 18.8. The number of guanidine groups is 1. The van der Waals surface area contributed by atoms with Crippen LogP contribution >= 0.6 is 24.0 Å². The minimum atomic E-state index is -0.325. The van der Waals surface area contributed by atoms with Gasteiger partial charge in [0, 0.05) is 27.2 Å². The van der Waals surface area contributed by atoms with Crippen LogP contribution in [0.15, 0.2) is 23.2 Å². The minimum absolute atomic E-state index is 0. The Morgan fingerprint density at radius 1 is 1.40 bits per heavy atom. The average molecular weight is 461 g/mol. The molecule has 2 aliphatic rings. The summed E-state index contributed by atoms with van der Waals surface area (Å²) >= 11 is 0. The highest BCUT2D eigenvalue weighted by atomic mass is 127. The van der Waals surface area contributed by atoms with Gasteiger partial charge in [0.25, 0.3) is 0 Å². The maximum atomic E-state index is 13.8. The van der Waals surface area contributed by atoms with Gasteiger partial charge < -0.3 is 15.0 Å². The molecular formula is C19H29FIN3O. The van der Waals surface area contributed by atoms with E-state index in [1.165, 1.54) is 45.3 Å². The number of benzene rings is 1. The molecule has 0 heterocycles. The van der Waals surface area contributed by atoms with Gasteiger partial charge in [0.1, 0.15) is 0 Å². The van der Waals surface area contributed by atoms with Gasteiger partial charge in [-0.15, -0.1) is 24.0 Å². The van der Waals surface area contributed by atoms with Crippen LogP contribution in [0.25, 0.3) is 0 Å². The molecule has 2 aliphatic carbocycles. The van der Waals surface area contributed by atoms with Crippen LogP contribution < -0.4 is 10.1 Å². The lowest BCUT2D eigenvalue weighted by molar-refractivity contribution is 0.105. The Kier molecular flexibility index (Phi) is 6.93. The lowest BCUT2D eigenvalue weighted by Gasteiger charge is -2.43. The first-order valence-corrected chi connectivity index (χ1v) is 8.82. The molecule has 2 fully saturated rings. The summed E-state index contributed by atoms with van der Waals surface area (Å²) in [5.41, 5.74) is 1.41. The van der Waals surface area contributed by atoms with Gasteiger partial charge >= 0.3 is 0 Å². The highest BCUT2D eigenvalue weighted by Crippen LogP contribution is 2.56. The second-order valence-corrected chi connectivity index (χ2v) is 7.22. The van der Waals surface area contributed by atoms with E-state index >= 15 is 0 Å². The van der Waals surface area contributed by atoms with Crippen molar-refractivity contribution in [2.75, 3.05) is 27.7 Å². The van der Waals surface area contributed by atoms with Gasteiger partial charge in [-0.3, -0.25) is 4.99 Å². The summed E-state index contributed by atoms with van der Waals surface area (Å²) in [7, 11) is 5.27. The Hall–Kier alpha value is -1.05. The molecule has 0 unspecified atom stereocenters. The number of hydrogen-bond donors (Lipinski definition) is 1. The molecule has 0 radical (unpaired) electrons. The molecule has 4 nitrogen and oxygen atoms in total. The van der Waals surface area contributed by atoms with Crippen molar-refractivity contribution in [2.24, 2.45) is 16.3 Å². The molecule has 0 saturated heterocycles. The van der Waals surface area contributed by atoms with E-state index in [4.69, 9.17) is 4.74 Å². The van der Waals surface area contributed by atoms with Crippen molar-refractivity contribution in [2.45, 2.75) is 38.6 Å². The summed E-state index contributed by atoms with van der Waals surface area (Å²) in [5, 5.41) is 3.55. The number of rotatable bonds is 6. The number of aliphatic imine (C=N–C) groups is 1. The number of methoxy groups -OCH3 is 1. The van der Waals surface area contributed by atoms with E-state index in [0.717, 1.165) is 24.0 Å². The number of ether oxygens (including phenoxy) is 1. The summed E-state index contributed by atoms with van der Waals surface area (Å²) in [5.74, 6) is 1.74. The summed E-state index contributed by atoms with van der Waals surface area (Å²) in [6.45, 7) is 1.61. The van der Waals surface area contributed by atoms with E-state index in [9.17, 15) is 4.39 Å². The highest BCUT2D eigenvalue weighted by Gasteiger charge is 2.48. The van der Waals surface area contributed by atoms with Crippen LogP contribution in [0.1, 0.15) is 37.7 Å². The first-order chi connectivity index (χ1) is 11.6. The van der Waals surface area contributed by atoms with Crippen LogP contribution in [0.4, 0.5) is 4.39 Å². The van der Waals surface area contributed by atoms with Crippen LogP contribution in [-0.4, -0.2) is 38.6 Å². The van der Waals surface area contributed by atoms with Gasteiger partial charge in [-0.1, -0.05) is 12.5 Å². The van der Waals surface area contributed by atoms with Crippen molar-refractivity contribution in [3.8, 4) is 5.75 Å². The fraction of sp³-hybridized carbons (Fsp3) is 0.632. The molecule has 1 N–H and O–H groups in total. The van der Waals surface area contributed by atoms with Gasteiger partial charge in [-0.05, 0) is 54.7 Å². The van der Waals surface area contributed by atoms with Crippen molar-refractivity contribution >= 4 is 29.9 Å². The molecule has 6 heteroatoms. The highest BCUT2D eigenvalue weighted by molar-refractivity contribution is 14.0. The first-order valence-electron chi connectivity index (χ1n) is 8.82. The Balaban J connectivity index is 0.00000225. The van der Waals surface area contributed by atoms with E-state index in [0.29, 0.717) is 12.0 Å². The van der Waals surface area contributed by atoms with E-state index in [1.807, 2.05) is 18.0 Å². The fourth-order valence-corrected chi connectivity index (χ4v) is 3.85. The third-order valence-corrected chi connectivity index (χ3v) is 5.60. The van der Waals surface area contributed by atoms with E-state index in [1.54, 1.807) is 13.1 Å². The minimum Gasteiger partial charge on any atom is -0.494 e. The Morgan fingerprint density at radius 3 is 2.60 bits per heavy atom. The molecule has 25 heavy (non-hydrogen) atoms. The zero-order valence-corrected chi connectivity index (χ0v) is 17.7. The lowest BCUT2D eigenvalue weighted by Crippen LogP contribution is -2.47. The molecule has 140 valence electrons. The maximum Gasteiger partial charge on any atom is 0.193 e. The number of nitrogens with one attached hydrogen (secondary N) is 1. The molecule has 1 aromatic rings. The fourth-order valence-electron chi connectivity index (χ4n) is 3.85. The zero-order chi connectivity index (χ0) is 17.2. The van der Waals surface area contributed by atoms with E-state index in [2.05, 4.69) is 10.3 Å². The molecule has 0 spiro atoms. The molecule has 0 aliphatic heterocycles. The topological polar surface area (TPSA) is 36.9 Å². The normalized spacial score (nSPS) is 18.8. The molecule has 0 atom stereocenters. The number of halogens is 2. The first kappa shape index (κ1) is 20.3. The standard InChI is InChI=1S/C19H28FN3O.HI/c1-21-18(22-13-19(9-4-10-19)15-6-7-15)23(2)12-14-5-8-17(24-3)16(20)11-14;/h5,8,11,15H,4,6-7,9-10,12-13H2,1-3H3,(H,21,22);1H. The predicted octanol–water partition coefficient (Wildman–Crippen LogP) is 4.04. The molecular weight excluding hydrogens is 432 g/mol. The third-order valence-electron chi connectivity index (χ3n) is 5.60. The quantitative estimate of drug-likeness (QED) is 0.395. The van der Waals surface area contributed by atoms with Gasteiger partial charge in [0.05, 0.1) is 7.11 Å². The van der Waals surface area contributed by atoms with Gasteiger partial charge in [0.15, 0.2) is 17.5 Å². The van der Waals surface area contributed by atoms with Crippen molar-refractivity contribution in [1.29, 1.82) is 0 Å². The van der Waals surface area contributed by atoms with Crippen molar-refractivity contribution < 1.29 is 9.13 Å². The molecule has 1 aromatic carbocycles. The molecule has 0 amide bonds. The third kappa shape index (κ3) is 4.57. The smallest absolute Gasteiger partial charge is 0.193 e. The van der Waals surface area contributed by atoms with Crippen molar-refractivity contribution in [3.05, 3.63) is 29.6 Å². The van der Waals surface area contributed by atoms with Crippen molar-refractivity contribution in [1.82, 2.24) is 10.2 Å². The molecule has 0 bridgehead atoms. The predicted molar refractivity (Wildman–Crippen MR) is 110 cm³/mol. The van der Waals surface area contributed by atoms with Crippen LogP contribution in [-0.2, 0) is 6.54 Å². The lowest BCUT2D eigenvalue weighted by atomic mass is 9.65.